The second-order valence-electron chi connectivity index (χ2n) is 6.57. The van der Waals surface area contributed by atoms with E-state index in [0.29, 0.717) is 31.4 Å². The van der Waals surface area contributed by atoms with Gasteiger partial charge < -0.3 is 9.84 Å². The van der Waals surface area contributed by atoms with Crippen molar-refractivity contribution >= 4 is 5.97 Å². The van der Waals surface area contributed by atoms with E-state index in [1.54, 1.807) is 6.08 Å². The average molecular weight is 310 g/mol. The number of halogens is 2. The third-order valence-electron chi connectivity index (χ3n) is 4.56. The summed E-state index contributed by atoms with van der Waals surface area (Å²) < 4.78 is 32.4. The molecule has 0 radical (unpaired) electrons. The number of carboxylic acids is 1. The third kappa shape index (κ3) is 2.94. The minimum Gasteiger partial charge on any atom is -0.479 e. The summed E-state index contributed by atoms with van der Waals surface area (Å²) in [5.41, 5.74) is 0.566. The fourth-order valence-electron chi connectivity index (χ4n) is 2.95. The van der Waals surface area contributed by atoms with Crippen molar-refractivity contribution in [3.63, 3.8) is 0 Å². The van der Waals surface area contributed by atoms with Gasteiger partial charge >= 0.3 is 5.97 Å². The summed E-state index contributed by atoms with van der Waals surface area (Å²) in [6, 6.07) is 0. The predicted molar refractivity (Wildman–Crippen MR) is 77.5 cm³/mol. The molecule has 3 aliphatic carbocycles. The molecule has 0 aliphatic heterocycles. The fraction of sp³-hybridized carbons (Fsp3) is 0.588. The van der Waals surface area contributed by atoms with Gasteiger partial charge in [0.05, 0.1) is 0 Å². The summed E-state index contributed by atoms with van der Waals surface area (Å²) in [5.74, 6) is -2.67. The highest BCUT2D eigenvalue weighted by Crippen LogP contribution is 2.45. The van der Waals surface area contributed by atoms with E-state index in [9.17, 15) is 18.7 Å². The van der Waals surface area contributed by atoms with Crippen molar-refractivity contribution in [2.24, 2.45) is 5.92 Å². The number of carbonyl (C=O) groups is 1. The Labute approximate surface area is 128 Å². The first-order valence-electron chi connectivity index (χ1n) is 7.72. The number of hydrogen-bond donors (Lipinski definition) is 1. The summed E-state index contributed by atoms with van der Waals surface area (Å²) in [4.78, 5) is 11.3. The quantitative estimate of drug-likeness (QED) is 0.846. The lowest BCUT2D eigenvalue weighted by Gasteiger charge is -2.28. The second kappa shape index (κ2) is 5.21. The number of hydrogen-bond acceptors (Lipinski definition) is 2. The minimum atomic E-state index is -2.63. The first-order chi connectivity index (χ1) is 10.3. The van der Waals surface area contributed by atoms with E-state index in [4.69, 9.17) is 4.74 Å². The Balaban J connectivity index is 1.88. The molecular weight excluding hydrogens is 290 g/mol. The van der Waals surface area contributed by atoms with Gasteiger partial charge in [-0.2, -0.15) is 0 Å². The van der Waals surface area contributed by atoms with Crippen LogP contribution in [0, 0.1) is 5.92 Å². The Kier molecular flexibility index (Phi) is 3.62. The Morgan fingerprint density at radius 1 is 1.36 bits per heavy atom. The number of carboxylic acid groups (broad SMARTS) is 1. The van der Waals surface area contributed by atoms with Crippen LogP contribution in [0.5, 0.6) is 0 Å². The molecule has 1 atom stereocenters. The van der Waals surface area contributed by atoms with E-state index < -0.39 is 17.5 Å². The molecule has 120 valence electrons. The first-order valence-corrected chi connectivity index (χ1v) is 7.72. The van der Waals surface area contributed by atoms with Crippen molar-refractivity contribution in [1.29, 1.82) is 0 Å². The maximum absolute atomic E-state index is 13.3. The molecular formula is C17H20F2O3. The van der Waals surface area contributed by atoms with Gasteiger partial charge in [-0.15, -0.1) is 0 Å². The van der Waals surface area contributed by atoms with Gasteiger partial charge in [-0.1, -0.05) is 25.2 Å². The highest BCUT2D eigenvalue weighted by molar-refractivity contribution is 5.81. The first kappa shape index (κ1) is 15.3. The lowest BCUT2D eigenvalue weighted by molar-refractivity contribution is -0.150. The number of allylic oxidation sites excluding steroid dienone is 6. The zero-order valence-corrected chi connectivity index (χ0v) is 12.6. The van der Waals surface area contributed by atoms with Gasteiger partial charge in [0, 0.05) is 37.7 Å². The van der Waals surface area contributed by atoms with Gasteiger partial charge in [-0.05, 0) is 17.9 Å². The Bertz CT molecular complexity index is 583. The van der Waals surface area contributed by atoms with Crippen LogP contribution in [0.25, 0.3) is 0 Å². The summed E-state index contributed by atoms with van der Waals surface area (Å²) in [6.07, 6.45) is 7.01. The van der Waals surface area contributed by atoms with Gasteiger partial charge in [-0.25, -0.2) is 13.6 Å². The Morgan fingerprint density at radius 3 is 2.64 bits per heavy atom. The van der Waals surface area contributed by atoms with Gasteiger partial charge in [0.25, 0.3) is 5.92 Å². The molecule has 3 rings (SSSR count). The standard InChI is InChI=1S/C17H20F2O3/c1-11-2-3-13(12-4-6-17(18,19)7-5-12)14(10-11)22-16(8-9-16)15(20)21/h2-4,11H,5-10H2,1H3,(H,20,21). The molecule has 0 spiro atoms. The van der Waals surface area contributed by atoms with Crippen molar-refractivity contribution < 1.29 is 23.4 Å². The Morgan fingerprint density at radius 2 is 2.09 bits per heavy atom. The molecule has 0 heterocycles. The van der Waals surface area contributed by atoms with Crippen molar-refractivity contribution in [2.75, 3.05) is 0 Å². The van der Waals surface area contributed by atoms with Gasteiger partial charge in [0.15, 0.2) is 0 Å². The molecule has 3 nitrogen and oxygen atoms in total. The van der Waals surface area contributed by atoms with Crippen LogP contribution in [0.15, 0.2) is 35.1 Å². The minimum absolute atomic E-state index is 0.164. The predicted octanol–water partition coefficient (Wildman–Crippen LogP) is 4.22. The van der Waals surface area contributed by atoms with Crippen molar-refractivity contribution in [3.8, 4) is 0 Å². The van der Waals surface area contributed by atoms with Crippen LogP contribution in [0.2, 0.25) is 0 Å². The van der Waals surface area contributed by atoms with Crippen LogP contribution in [0.1, 0.15) is 45.4 Å². The molecule has 1 fully saturated rings. The molecule has 0 aromatic carbocycles. The monoisotopic (exact) mass is 310 g/mol. The second-order valence-corrected chi connectivity index (χ2v) is 6.57. The molecule has 22 heavy (non-hydrogen) atoms. The van der Waals surface area contributed by atoms with E-state index in [1.807, 2.05) is 19.1 Å². The molecule has 0 amide bonds. The maximum Gasteiger partial charge on any atom is 0.348 e. The smallest absolute Gasteiger partial charge is 0.348 e. The number of ether oxygens (including phenoxy) is 1. The van der Waals surface area contributed by atoms with Crippen LogP contribution in [-0.2, 0) is 9.53 Å². The SMILES string of the molecule is CC1C=CC(C2=CCC(F)(F)CC2)=C(OC2(C(=O)O)CC2)C1. The lowest BCUT2D eigenvalue weighted by atomic mass is 9.86. The zero-order valence-electron chi connectivity index (χ0n) is 12.6. The molecule has 0 bridgehead atoms. The average Bonchev–Trinajstić information content (AvgIpc) is 3.21. The largest absolute Gasteiger partial charge is 0.479 e. The Hall–Kier alpha value is -1.65. The number of alkyl halides is 2. The normalized spacial score (nSPS) is 29.0. The van der Waals surface area contributed by atoms with Gasteiger partial charge in [-0.3, -0.25) is 0 Å². The highest BCUT2D eigenvalue weighted by atomic mass is 19.3. The highest BCUT2D eigenvalue weighted by Gasteiger charge is 2.54. The van der Waals surface area contributed by atoms with E-state index >= 15 is 0 Å². The summed E-state index contributed by atoms with van der Waals surface area (Å²) in [6.45, 7) is 2.03. The van der Waals surface area contributed by atoms with Crippen LogP contribution in [-0.4, -0.2) is 22.6 Å². The van der Waals surface area contributed by atoms with Crippen molar-refractivity contribution in [3.05, 3.63) is 35.1 Å². The van der Waals surface area contributed by atoms with E-state index in [-0.39, 0.29) is 18.8 Å². The number of aliphatic carboxylic acids is 1. The van der Waals surface area contributed by atoms with Crippen LogP contribution in [0.4, 0.5) is 8.78 Å². The summed E-state index contributed by atoms with van der Waals surface area (Å²) >= 11 is 0. The van der Waals surface area contributed by atoms with Crippen molar-refractivity contribution in [2.45, 2.75) is 57.0 Å². The van der Waals surface area contributed by atoms with E-state index in [2.05, 4.69) is 0 Å². The fourth-order valence-corrected chi connectivity index (χ4v) is 2.95. The third-order valence-corrected chi connectivity index (χ3v) is 4.56. The van der Waals surface area contributed by atoms with Crippen molar-refractivity contribution in [1.82, 2.24) is 0 Å². The van der Waals surface area contributed by atoms with Crippen LogP contribution >= 0.6 is 0 Å². The van der Waals surface area contributed by atoms with Gasteiger partial charge in [0.1, 0.15) is 5.76 Å². The molecule has 1 N–H and O–H groups in total. The summed E-state index contributed by atoms with van der Waals surface area (Å²) in [7, 11) is 0. The molecule has 1 saturated carbocycles. The van der Waals surface area contributed by atoms with Crippen LogP contribution in [0.3, 0.4) is 0 Å². The molecule has 3 aliphatic rings. The molecule has 0 saturated heterocycles. The molecule has 0 aromatic heterocycles. The number of rotatable bonds is 4. The van der Waals surface area contributed by atoms with E-state index in [0.717, 1.165) is 11.1 Å². The van der Waals surface area contributed by atoms with E-state index in [1.165, 1.54) is 0 Å². The van der Waals surface area contributed by atoms with Gasteiger partial charge in [0.2, 0.25) is 5.60 Å². The molecule has 5 heteroatoms. The maximum atomic E-state index is 13.3. The van der Waals surface area contributed by atoms with Crippen LogP contribution < -0.4 is 0 Å². The lowest BCUT2D eigenvalue weighted by Crippen LogP contribution is -2.27. The molecule has 0 aromatic rings. The molecule has 1 unspecified atom stereocenters. The summed E-state index contributed by atoms with van der Waals surface area (Å²) in [5, 5.41) is 9.29. The topological polar surface area (TPSA) is 46.5 Å². The zero-order chi connectivity index (χ0) is 16.0.